The van der Waals surface area contributed by atoms with Crippen LogP contribution in [0, 0.1) is 11.3 Å². The molecule has 0 saturated heterocycles. The molecule has 18 heavy (non-hydrogen) atoms. The van der Waals surface area contributed by atoms with Gasteiger partial charge in [0.1, 0.15) is 5.75 Å². The Balaban J connectivity index is 2.69. The Morgan fingerprint density at radius 3 is 2.44 bits per heavy atom. The van der Waals surface area contributed by atoms with E-state index in [9.17, 15) is 0 Å². The molecule has 0 radical (unpaired) electrons. The standard InChI is InChI=1S/C15H22N2O/c1-5-18-14-8-6-13(7-9-14)15(3,4)11-17-12(2)10-16/h6-9,12,17H,5,11H2,1-4H3. The molecule has 0 spiro atoms. The first-order chi connectivity index (χ1) is 8.49. The zero-order chi connectivity index (χ0) is 13.6. The summed E-state index contributed by atoms with van der Waals surface area (Å²) in [4.78, 5) is 0. The van der Waals surface area contributed by atoms with Crippen molar-refractivity contribution < 1.29 is 4.74 Å². The Hall–Kier alpha value is -1.53. The summed E-state index contributed by atoms with van der Waals surface area (Å²) in [6.07, 6.45) is 0. The quantitative estimate of drug-likeness (QED) is 0.839. The Morgan fingerprint density at radius 1 is 1.33 bits per heavy atom. The van der Waals surface area contributed by atoms with E-state index in [1.165, 1.54) is 5.56 Å². The van der Waals surface area contributed by atoms with Crippen LogP contribution < -0.4 is 10.1 Å². The molecule has 1 N–H and O–H groups in total. The molecule has 0 saturated carbocycles. The molecule has 0 aromatic heterocycles. The van der Waals surface area contributed by atoms with Crippen LogP contribution in [0.2, 0.25) is 0 Å². The van der Waals surface area contributed by atoms with Crippen molar-refractivity contribution in [2.75, 3.05) is 13.2 Å². The minimum atomic E-state index is -0.119. The van der Waals surface area contributed by atoms with E-state index in [0.29, 0.717) is 6.61 Å². The van der Waals surface area contributed by atoms with Crippen molar-refractivity contribution in [1.29, 1.82) is 5.26 Å². The Kier molecular flexibility index (Phi) is 5.18. The highest BCUT2D eigenvalue weighted by Crippen LogP contribution is 2.24. The fourth-order valence-electron chi connectivity index (χ4n) is 1.72. The molecular weight excluding hydrogens is 224 g/mol. The van der Waals surface area contributed by atoms with Gasteiger partial charge in [0.25, 0.3) is 0 Å². The van der Waals surface area contributed by atoms with Gasteiger partial charge in [-0.25, -0.2) is 0 Å². The van der Waals surface area contributed by atoms with Crippen molar-refractivity contribution in [3.63, 3.8) is 0 Å². The minimum Gasteiger partial charge on any atom is -0.494 e. The van der Waals surface area contributed by atoms with E-state index in [-0.39, 0.29) is 11.5 Å². The summed E-state index contributed by atoms with van der Waals surface area (Å²) < 4.78 is 5.43. The van der Waals surface area contributed by atoms with E-state index in [2.05, 4.69) is 37.4 Å². The van der Waals surface area contributed by atoms with Gasteiger partial charge >= 0.3 is 0 Å². The Morgan fingerprint density at radius 2 is 1.94 bits per heavy atom. The Bertz CT molecular complexity index is 403. The van der Waals surface area contributed by atoms with Crippen LogP contribution in [0.25, 0.3) is 0 Å². The van der Waals surface area contributed by atoms with Gasteiger partial charge in [-0.1, -0.05) is 26.0 Å². The van der Waals surface area contributed by atoms with Crippen LogP contribution >= 0.6 is 0 Å². The highest BCUT2D eigenvalue weighted by molar-refractivity contribution is 5.31. The van der Waals surface area contributed by atoms with Crippen molar-refractivity contribution in [2.24, 2.45) is 0 Å². The van der Waals surface area contributed by atoms with E-state index >= 15 is 0 Å². The first-order valence-corrected chi connectivity index (χ1v) is 6.36. The second kappa shape index (κ2) is 6.42. The van der Waals surface area contributed by atoms with E-state index in [1.807, 2.05) is 26.0 Å². The highest BCUT2D eigenvalue weighted by Gasteiger charge is 2.21. The number of benzene rings is 1. The lowest BCUT2D eigenvalue weighted by atomic mass is 9.84. The van der Waals surface area contributed by atoms with Gasteiger partial charge in [0.2, 0.25) is 0 Å². The number of ether oxygens (including phenoxy) is 1. The third-order valence-electron chi connectivity index (χ3n) is 2.99. The fraction of sp³-hybridized carbons (Fsp3) is 0.533. The lowest BCUT2D eigenvalue weighted by Gasteiger charge is -2.26. The van der Waals surface area contributed by atoms with E-state index in [1.54, 1.807) is 0 Å². The summed E-state index contributed by atoms with van der Waals surface area (Å²) in [6, 6.07) is 10.2. The number of hydrogen-bond donors (Lipinski definition) is 1. The second-order valence-electron chi connectivity index (χ2n) is 5.07. The zero-order valence-electron chi connectivity index (χ0n) is 11.7. The second-order valence-corrected chi connectivity index (χ2v) is 5.07. The SMILES string of the molecule is CCOc1ccc(C(C)(C)CNC(C)C#N)cc1. The summed E-state index contributed by atoms with van der Waals surface area (Å²) in [6.45, 7) is 9.64. The van der Waals surface area contributed by atoms with Gasteiger partial charge in [-0.15, -0.1) is 0 Å². The number of rotatable bonds is 6. The summed E-state index contributed by atoms with van der Waals surface area (Å²) in [5.74, 6) is 0.899. The molecule has 0 aliphatic heterocycles. The average molecular weight is 246 g/mol. The molecule has 0 amide bonds. The molecule has 1 atom stereocenters. The summed E-state index contributed by atoms with van der Waals surface area (Å²) in [5, 5.41) is 12.0. The van der Waals surface area contributed by atoms with Crippen molar-refractivity contribution in [3.8, 4) is 11.8 Å². The molecule has 0 aliphatic rings. The lowest BCUT2D eigenvalue weighted by molar-refractivity contribution is 0.340. The maximum Gasteiger partial charge on any atom is 0.119 e. The molecule has 0 heterocycles. The van der Waals surface area contributed by atoms with Gasteiger partial charge in [-0.05, 0) is 31.5 Å². The predicted octanol–water partition coefficient (Wildman–Crippen LogP) is 2.86. The van der Waals surface area contributed by atoms with Gasteiger partial charge < -0.3 is 10.1 Å². The number of hydrogen-bond acceptors (Lipinski definition) is 3. The van der Waals surface area contributed by atoms with Crippen LogP contribution in [0.15, 0.2) is 24.3 Å². The molecule has 1 unspecified atom stereocenters. The van der Waals surface area contributed by atoms with E-state index < -0.39 is 0 Å². The molecule has 0 bridgehead atoms. The van der Waals surface area contributed by atoms with Gasteiger partial charge in [-0.2, -0.15) is 5.26 Å². The number of nitrogens with one attached hydrogen (secondary N) is 1. The van der Waals surface area contributed by atoms with Crippen LogP contribution in [-0.4, -0.2) is 19.2 Å². The first-order valence-electron chi connectivity index (χ1n) is 6.36. The number of nitriles is 1. The van der Waals surface area contributed by atoms with Gasteiger partial charge in [0.15, 0.2) is 0 Å². The van der Waals surface area contributed by atoms with Crippen LogP contribution in [-0.2, 0) is 5.41 Å². The molecule has 0 aliphatic carbocycles. The summed E-state index contributed by atoms with van der Waals surface area (Å²) in [5.41, 5.74) is 1.24. The molecule has 0 fully saturated rings. The Labute approximate surface area is 110 Å². The van der Waals surface area contributed by atoms with Gasteiger partial charge in [-0.3, -0.25) is 0 Å². The minimum absolute atomic E-state index is 0.00411. The maximum atomic E-state index is 8.77. The zero-order valence-corrected chi connectivity index (χ0v) is 11.7. The van der Waals surface area contributed by atoms with Crippen LogP contribution in [0.3, 0.4) is 0 Å². The van der Waals surface area contributed by atoms with Gasteiger partial charge in [0, 0.05) is 12.0 Å². The molecular formula is C15H22N2O. The topological polar surface area (TPSA) is 45.0 Å². The average Bonchev–Trinajstić information content (AvgIpc) is 2.37. The summed E-state index contributed by atoms with van der Waals surface area (Å²) >= 11 is 0. The number of nitrogens with zero attached hydrogens (tertiary/aromatic N) is 1. The highest BCUT2D eigenvalue weighted by atomic mass is 16.5. The third kappa shape index (κ3) is 4.05. The fourth-order valence-corrected chi connectivity index (χ4v) is 1.72. The molecule has 98 valence electrons. The largest absolute Gasteiger partial charge is 0.494 e. The lowest BCUT2D eigenvalue weighted by Crippen LogP contribution is -2.37. The van der Waals surface area contributed by atoms with E-state index in [4.69, 9.17) is 10.00 Å². The normalized spacial score (nSPS) is 12.8. The molecule has 1 rings (SSSR count). The molecule has 3 heteroatoms. The first kappa shape index (κ1) is 14.5. The molecule has 3 nitrogen and oxygen atoms in total. The maximum absolute atomic E-state index is 8.77. The predicted molar refractivity (Wildman–Crippen MR) is 73.7 cm³/mol. The molecule has 1 aromatic carbocycles. The molecule has 1 aromatic rings. The van der Waals surface area contributed by atoms with Gasteiger partial charge in [0.05, 0.1) is 18.7 Å². The van der Waals surface area contributed by atoms with Crippen molar-refractivity contribution >= 4 is 0 Å². The van der Waals surface area contributed by atoms with Crippen LogP contribution in [0.1, 0.15) is 33.3 Å². The van der Waals surface area contributed by atoms with Crippen molar-refractivity contribution in [2.45, 2.75) is 39.2 Å². The van der Waals surface area contributed by atoms with Crippen molar-refractivity contribution in [3.05, 3.63) is 29.8 Å². The van der Waals surface area contributed by atoms with E-state index in [0.717, 1.165) is 12.3 Å². The smallest absolute Gasteiger partial charge is 0.119 e. The van der Waals surface area contributed by atoms with Crippen LogP contribution in [0.4, 0.5) is 0 Å². The van der Waals surface area contributed by atoms with Crippen LogP contribution in [0.5, 0.6) is 5.75 Å². The summed E-state index contributed by atoms with van der Waals surface area (Å²) in [7, 11) is 0. The third-order valence-corrected chi connectivity index (χ3v) is 2.99. The van der Waals surface area contributed by atoms with Crippen molar-refractivity contribution in [1.82, 2.24) is 5.32 Å². The monoisotopic (exact) mass is 246 g/mol.